The van der Waals surface area contributed by atoms with E-state index in [-0.39, 0.29) is 29.7 Å². The molecule has 0 spiro atoms. The third-order valence-corrected chi connectivity index (χ3v) is 8.13. The highest BCUT2D eigenvalue weighted by Gasteiger charge is 2.30. The molecular formula is C26H27ClFN3O3S. The number of hydrogen-bond acceptors (Lipinski definition) is 4. The van der Waals surface area contributed by atoms with Crippen molar-refractivity contribution in [2.24, 2.45) is 0 Å². The van der Waals surface area contributed by atoms with E-state index in [1.54, 1.807) is 71.6 Å². The third-order valence-electron chi connectivity index (χ3n) is 6.07. The molecule has 0 radical (unpaired) electrons. The number of hydrogen-bond donors (Lipinski definition) is 0. The fraction of sp³-hybridized carbons (Fsp3) is 0.269. The maximum atomic E-state index is 14.1. The molecule has 0 aromatic heterocycles. The molecule has 0 atom stereocenters. The molecule has 1 aliphatic rings. The summed E-state index contributed by atoms with van der Waals surface area (Å²) in [5.74, 6) is -0.589. The van der Waals surface area contributed by atoms with E-state index in [9.17, 15) is 17.6 Å². The Kier molecular flexibility index (Phi) is 7.74. The number of sulfonamides is 1. The van der Waals surface area contributed by atoms with Crippen molar-refractivity contribution in [3.63, 3.8) is 0 Å². The minimum atomic E-state index is -3.93. The predicted molar refractivity (Wildman–Crippen MR) is 135 cm³/mol. The SMILES string of the molecule is Cc1ccc(S(=O)(=O)N(CC(=O)N2CCN(c3ccccc3F)CC2)Cc2ccc(Cl)cc2)cc1. The summed E-state index contributed by atoms with van der Waals surface area (Å²) >= 11 is 5.98. The normalized spacial score (nSPS) is 14.4. The van der Waals surface area contributed by atoms with Crippen LogP contribution in [0.25, 0.3) is 0 Å². The van der Waals surface area contributed by atoms with Crippen LogP contribution < -0.4 is 4.90 Å². The van der Waals surface area contributed by atoms with E-state index in [1.165, 1.54) is 10.4 Å². The average Bonchev–Trinajstić information content (AvgIpc) is 2.85. The summed E-state index contributed by atoms with van der Waals surface area (Å²) in [7, 11) is -3.93. The van der Waals surface area contributed by atoms with Gasteiger partial charge in [0.25, 0.3) is 0 Å². The summed E-state index contributed by atoms with van der Waals surface area (Å²) in [6.45, 7) is 3.32. The number of benzene rings is 3. The summed E-state index contributed by atoms with van der Waals surface area (Å²) in [5.41, 5.74) is 2.17. The molecule has 1 amide bonds. The summed E-state index contributed by atoms with van der Waals surface area (Å²) in [6, 6.07) is 20.0. The number of amides is 1. The van der Waals surface area contributed by atoms with Crippen LogP contribution in [0.15, 0.2) is 77.7 Å². The monoisotopic (exact) mass is 515 g/mol. The van der Waals surface area contributed by atoms with Gasteiger partial charge in [-0.15, -0.1) is 0 Å². The molecule has 0 aliphatic carbocycles. The maximum Gasteiger partial charge on any atom is 0.243 e. The quantitative estimate of drug-likeness (QED) is 0.470. The lowest BCUT2D eigenvalue weighted by molar-refractivity contribution is -0.131. The van der Waals surface area contributed by atoms with Gasteiger partial charge < -0.3 is 9.80 Å². The molecule has 0 unspecified atom stereocenters. The van der Waals surface area contributed by atoms with Gasteiger partial charge in [0, 0.05) is 37.7 Å². The lowest BCUT2D eigenvalue weighted by atomic mass is 10.2. The minimum absolute atomic E-state index is 0.0360. The first-order valence-corrected chi connectivity index (χ1v) is 13.1. The average molecular weight is 516 g/mol. The van der Waals surface area contributed by atoms with Crippen molar-refractivity contribution in [2.45, 2.75) is 18.4 Å². The van der Waals surface area contributed by atoms with Crippen molar-refractivity contribution in [1.82, 2.24) is 9.21 Å². The Balaban J connectivity index is 1.50. The van der Waals surface area contributed by atoms with Gasteiger partial charge in [0.1, 0.15) is 5.82 Å². The second kappa shape index (κ2) is 10.8. The Morgan fingerprint density at radius 1 is 0.943 bits per heavy atom. The van der Waals surface area contributed by atoms with Crippen molar-refractivity contribution in [1.29, 1.82) is 0 Å². The van der Waals surface area contributed by atoms with E-state index in [1.807, 2.05) is 11.8 Å². The Morgan fingerprint density at radius 3 is 2.20 bits per heavy atom. The fourth-order valence-corrected chi connectivity index (χ4v) is 5.54. The van der Waals surface area contributed by atoms with Gasteiger partial charge in [-0.1, -0.05) is 53.6 Å². The molecule has 35 heavy (non-hydrogen) atoms. The van der Waals surface area contributed by atoms with Crippen molar-refractivity contribution in [3.05, 3.63) is 94.8 Å². The topological polar surface area (TPSA) is 60.9 Å². The van der Waals surface area contributed by atoms with Crippen LogP contribution in [0.4, 0.5) is 10.1 Å². The van der Waals surface area contributed by atoms with Crippen LogP contribution in [0.3, 0.4) is 0 Å². The van der Waals surface area contributed by atoms with E-state index in [0.717, 1.165) is 11.1 Å². The van der Waals surface area contributed by atoms with E-state index < -0.39 is 10.0 Å². The molecule has 1 heterocycles. The highest BCUT2D eigenvalue weighted by molar-refractivity contribution is 7.89. The van der Waals surface area contributed by atoms with Crippen LogP contribution in [0.1, 0.15) is 11.1 Å². The van der Waals surface area contributed by atoms with Crippen molar-refractivity contribution in [2.75, 3.05) is 37.6 Å². The third kappa shape index (κ3) is 6.01. The Bertz CT molecular complexity index is 1280. The highest BCUT2D eigenvalue weighted by Crippen LogP contribution is 2.22. The van der Waals surface area contributed by atoms with Crippen LogP contribution in [-0.2, 0) is 21.4 Å². The number of nitrogens with zero attached hydrogens (tertiary/aromatic N) is 3. The number of halogens is 2. The molecule has 3 aromatic rings. The first-order valence-electron chi connectivity index (χ1n) is 11.3. The molecule has 1 aliphatic heterocycles. The highest BCUT2D eigenvalue weighted by atomic mass is 35.5. The number of anilines is 1. The number of carbonyl (C=O) groups is 1. The largest absolute Gasteiger partial charge is 0.366 e. The van der Waals surface area contributed by atoms with Gasteiger partial charge in [0.05, 0.1) is 17.1 Å². The molecule has 9 heteroatoms. The smallest absolute Gasteiger partial charge is 0.243 e. The zero-order chi connectivity index (χ0) is 25.0. The van der Waals surface area contributed by atoms with E-state index in [4.69, 9.17) is 11.6 Å². The van der Waals surface area contributed by atoms with Gasteiger partial charge in [-0.2, -0.15) is 4.31 Å². The predicted octanol–water partition coefficient (Wildman–Crippen LogP) is 4.33. The van der Waals surface area contributed by atoms with Crippen molar-refractivity contribution < 1.29 is 17.6 Å². The molecule has 0 N–H and O–H groups in total. The Morgan fingerprint density at radius 2 is 1.57 bits per heavy atom. The van der Waals surface area contributed by atoms with Crippen LogP contribution in [-0.4, -0.2) is 56.3 Å². The van der Waals surface area contributed by atoms with Crippen LogP contribution in [0.5, 0.6) is 0 Å². The molecule has 3 aromatic carbocycles. The number of carbonyl (C=O) groups excluding carboxylic acids is 1. The second-order valence-electron chi connectivity index (χ2n) is 8.53. The molecule has 6 nitrogen and oxygen atoms in total. The summed E-state index contributed by atoms with van der Waals surface area (Å²) in [4.78, 5) is 16.9. The van der Waals surface area contributed by atoms with Gasteiger partial charge in [-0.25, -0.2) is 12.8 Å². The minimum Gasteiger partial charge on any atom is -0.366 e. The standard InChI is InChI=1S/C26H27ClFN3O3S/c1-20-6-12-23(13-7-20)35(33,34)31(18-21-8-10-22(27)11-9-21)19-26(32)30-16-14-29(15-17-30)25-5-3-2-4-24(25)28/h2-13H,14-19H2,1H3. The number of para-hydroxylation sites is 1. The lowest BCUT2D eigenvalue weighted by Crippen LogP contribution is -2.52. The summed E-state index contributed by atoms with van der Waals surface area (Å²) in [6.07, 6.45) is 0. The van der Waals surface area contributed by atoms with Crippen LogP contribution in [0.2, 0.25) is 5.02 Å². The van der Waals surface area contributed by atoms with E-state index in [0.29, 0.717) is 36.9 Å². The summed E-state index contributed by atoms with van der Waals surface area (Å²) < 4.78 is 42.3. The van der Waals surface area contributed by atoms with Gasteiger partial charge in [0.15, 0.2) is 0 Å². The van der Waals surface area contributed by atoms with Crippen LogP contribution >= 0.6 is 11.6 Å². The molecular weight excluding hydrogens is 489 g/mol. The number of piperazine rings is 1. The Labute approximate surface area is 210 Å². The molecule has 0 bridgehead atoms. The fourth-order valence-electron chi connectivity index (χ4n) is 4.03. The Hall–Kier alpha value is -2.94. The van der Waals surface area contributed by atoms with Gasteiger partial charge in [0.2, 0.25) is 15.9 Å². The van der Waals surface area contributed by atoms with Crippen LogP contribution in [0, 0.1) is 12.7 Å². The van der Waals surface area contributed by atoms with E-state index in [2.05, 4.69) is 0 Å². The second-order valence-corrected chi connectivity index (χ2v) is 10.9. The number of rotatable bonds is 7. The van der Waals surface area contributed by atoms with Crippen molar-refractivity contribution >= 4 is 33.2 Å². The zero-order valence-corrected chi connectivity index (χ0v) is 21.0. The van der Waals surface area contributed by atoms with Crippen molar-refractivity contribution in [3.8, 4) is 0 Å². The zero-order valence-electron chi connectivity index (χ0n) is 19.4. The summed E-state index contributed by atoms with van der Waals surface area (Å²) in [5, 5.41) is 0.547. The molecule has 184 valence electrons. The maximum absolute atomic E-state index is 14.1. The van der Waals surface area contributed by atoms with Gasteiger partial charge in [-0.3, -0.25) is 4.79 Å². The molecule has 4 rings (SSSR count). The number of aryl methyl sites for hydroxylation is 1. The van der Waals surface area contributed by atoms with Gasteiger partial charge >= 0.3 is 0 Å². The first-order chi connectivity index (χ1) is 16.7. The molecule has 1 saturated heterocycles. The van der Waals surface area contributed by atoms with E-state index >= 15 is 0 Å². The molecule has 1 fully saturated rings. The first kappa shape index (κ1) is 25.2. The van der Waals surface area contributed by atoms with Gasteiger partial charge in [-0.05, 0) is 48.9 Å². The molecule has 0 saturated carbocycles. The lowest BCUT2D eigenvalue weighted by Gasteiger charge is -2.37.